The predicted molar refractivity (Wildman–Crippen MR) is 89.1 cm³/mol. The van der Waals surface area contributed by atoms with Crippen LogP contribution in [-0.4, -0.2) is 45.6 Å². The number of ether oxygens (including phenoxy) is 4. The van der Waals surface area contributed by atoms with E-state index < -0.39 is 5.97 Å². The summed E-state index contributed by atoms with van der Waals surface area (Å²) < 4.78 is 21.4. The van der Waals surface area contributed by atoms with Gasteiger partial charge >= 0.3 is 5.97 Å². The molecule has 1 aliphatic carbocycles. The van der Waals surface area contributed by atoms with E-state index in [4.69, 9.17) is 18.9 Å². The Bertz CT molecular complexity index is 444. The SMILES string of the molecule is C=C(C)C(=O)OCCOCCOCCOC(C(=C)C)=C1CCC1. The molecule has 5 heteroatoms. The first-order valence-electron chi connectivity index (χ1n) is 8.01. The van der Waals surface area contributed by atoms with Crippen LogP contribution in [0.2, 0.25) is 0 Å². The van der Waals surface area contributed by atoms with Crippen molar-refractivity contribution in [3.05, 3.63) is 35.6 Å². The van der Waals surface area contributed by atoms with Crippen molar-refractivity contribution in [2.45, 2.75) is 33.1 Å². The summed E-state index contributed by atoms with van der Waals surface area (Å²) in [5, 5.41) is 0. The zero-order valence-corrected chi connectivity index (χ0v) is 14.3. The number of carbonyl (C=O) groups excluding carboxylic acids is 1. The Morgan fingerprint density at radius 3 is 1.83 bits per heavy atom. The van der Waals surface area contributed by atoms with Crippen molar-refractivity contribution < 1.29 is 23.7 Å². The van der Waals surface area contributed by atoms with Crippen LogP contribution >= 0.6 is 0 Å². The summed E-state index contributed by atoms with van der Waals surface area (Å²) in [5.41, 5.74) is 2.73. The van der Waals surface area contributed by atoms with Gasteiger partial charge in [-0.25, -0.2) is 4.79 Å². The highest BCUT2D eigenvalue weighted by atomic mass is 16.6. The van der Waals surface area contributed by atoms with Crippen molar-refractivity contribution in [3.8, 4) is 0 Å². The van der Waals surface area contributed by atoms with E-state index in [1.807, 2.05) is 6.92 Å². The fraction of sp³-hybridized carbons (Fsp3) is 0.611. The van der Waals surface area contributed by atoms with Gasteiger partial charge in [-0.3, -0.25) is 0 Å². The van der Waals surface area contributed by atoms with Crippen molar-refractivity contribution in [2.24, 2.45) is 0 Å². The van der Waals surface area contributed by atoms with Gasteiger partial charge in [0.15, 0.2) is 0 Å². The maximum absolute atomic E-state index is 11.1. The molecule has 0 aromatic carbocycles. The average Bonchev–Trinajstić information content (AvgIpc) is 2.45. The molecule has 0 unspecified atom stereocenters. The minimum absolute atomic E-state index is 0.227. The van der Waals surface area contributed by atoms with Gasteiger partial charge in [0.2, 0.25) is 0 Å². The van der Waals surface area contributed by atoms with Crippen LogP contribution in [0.25, 0.3) is 0 Å². The highest BCUT2D eigenvalue weighted by Crippen LogP contribution is 2.31. The molecule has 1 saturated carbocycles. The van der Waals surface area contributed by atoms with Gasteiger partial charge in [-0.1, -0.05) is 13.2 Å². The number of hydrogen-bond acceptors (Lipinski definition) is 5. The molecule has 0 atom stereocenters. The van der Waals surface area contributed by atoms with Gasteiger partial charge in [-0.05, 0) is 44.3 Å². The summed E-state index contributed by atoms with van der Waals surface area (Å²) in [6, 6.07) is 0. The quantitative estimate of drug-likeness (QED) is 0.239. The van der Waals surface area contributed by atoms with Gasteiger partial charge in [-0.2, -0.15) is 0 Å². The number of esters is 1. The monoisotopic (exact) mass is 324 g/mol. The molecule has 0 aromatic heterocycles. The summed E-state index contributed by atoms with van der Waals surface area (Å²) in [6.07, 6.45) is 3.48. The normalized spacial score (nSPS) is 13.2. The van der Waals surface area contributed by atoms with E-state index in [1.54, 1.807) is 6.92 Å². The molecule has 0 heterocycles. The number of hydrogen-bond donors (Lipinski definition) is 0. The molecule has 130 valence electrons. The molecule has 1 fully saturated rings. The van der Waals surface area contributed by atoms with Crippen molar-refractivity contribution in [3.63, 3.8) is 0 Å². The van der Waals surface area contributed by atoms with Crippen LogP contribution in [0.1, 0.15) is 33.1 Å². The maximum atomic E-state index is 11.1. The lowest BCUT2D eigenvalue weighted by Crippen LogP contribution is -2.14. The molecule has 0 saturated heterocycles. The molecule has 0 spiro atoms. The van der Waals surface area contributed by atoms with Gasteiger partial charge in [0, 0.05) is 5.57 Å². The fourth-order valence-electron chi connectivity index (χ4n) is 1.95. The Hall–Kier alpha value is -1.59. The average molecular weight is 324 g/mol. The van der Waals surface area contributed by atoms with E-state index in [9.17, 15) is 4.79 Å². The summed E-state index contributed by atoms with van der Waals surface area (Å²) in [7, 11) is 0. The summed E-state index contributed by atoms with van der Waals surface area (Å²) in [6.45, 7) is 13.6. The number of carbonyl (C=O) groups is 1. The lowest BCUT2D eigenvalue weighted by molar-refractivity contribution is -0.140. The van der Waals surface area contributed by atoms with Crippen LogP contribution < -0.4 is 0 Å². The third kappa shape index (κ3) is 8.00. The van der Waals surface area contributed by atoms with Crippen LogP contribution in [0.3, 0.4) is 0 Å². The third-order valence-corrected chi connectivity index (χ3v) is 3.32. The highest BCUT2D eigenvalue weighted by Gasteiger charge is 2.16. The van der Waals surface area contributed by atoms with Crippen LogP contribution in [0.4, 0.5) is 0 Å². The van der Waals surface area contributed by atoms with Crippen molar-refractivity contribution >= 4 is 5.97 Å². The highest BCUT2D eigenvalue weighted by molar-refractivity contribution is 5.86. The third-order valence-electron chi connectivity index (χ3n) is 3.32. The van der Waals surface area contributed by atoms with Gasteiger partial charge in [0.25, 0.3) is 0 Å². The van der Waals surface area contributed by atoms with E-state index in [0.717, 1.165) is 24.2 Å². The van der Waals surface area contributed by atoms with Crippen molar-refractivity contribution in [1.82, 2.24) is 0 Å². The lowest BCUT2D eigenvalue weighted by Gasteiger charge is -2.22. The second-order valence-electron chi connectivity index (χ2n) is 5.56. The number of allylic oxidation sites excluding steroid dienone is 2. The van der Waals surface area contributed by atoms with Gasteiger partial charge in [0.05, 0.1) is 26.4 Å². The molecule has 0 N–H and O–H groups in total. The van der Waals surface area contributed by atoms with Crippen LogP contribution in [0, 0.1) is 0 Å². The topological polar surface area (TPSA) is 54.0 Å². The Kier molecular flexibility index (Phi) is 9.33. The fourth-order valence-corrected chi connectivity index (χ4v) is 1.95. The molecule has 0 aliphatic heterocycles. The zero-order chi connectivity index (χ0) is 17.1. The molecular weight excluding hydrogens is 296 g/mol. The minimum atomic E-state index is -0.393. The molecule has 23 heavy (non-hydrogen) atoms. The molecule has 0 bridgehead atoms. The first kappa shape index (κ1) is 19.5. The summed E-state index contributed by atoms with van der Waals surface area (Å²) >= 11 is 0. The molecule has 0 radical (unpaired) electrons. The van der Waals surface area contributed by atoms with Crippen LogP contribution in [-0.2, 0) is 23.7 Å². The Balaban J connectivity index is 1.95. The summed E-state index contributed by atoms with van der Waals surface area (Å²) in [4.78, 5) is 11.1. The standard InChI is InChI=1S/C18H28O5/c1-14(2)17(16-6-5-7-16)22-12-10-20-8-9-21-11-13-23-18(19)15(3)4/h1,3,5-13H2,2,4H3. The van der Waals surface area contributed by atoms with Gasteiger partial charge in [-0.15, -0.1) is 0 Å². The van der Waals surface area contributed by atoms with Crippen LogP contribution in [0.15, 0.2) is 35.6 Å². The second-order valence-corrected chi connectivity index (χ2v) is 5.56. The van der Waals surface area contributed by atoms with E-state index in [1.165, 1.54) is 12.0 Å². The van der Waals surface area contributed by atoms with E-state index in [2.05, 4.69) is 13.2 Å². The van der Waals surface area contributed by atoms with E-state index >= 15 is 0 Å². The van der Waals surface area contributed by atoms with Gasteiger partial charge in [0.1, 0.15) is 19.0 Å². The largest absolute Gasteiger partial charge is 0.491 e. The molecule has 0 aromatic rings. The van der Waals surface area contributed by atoms with Crippen molar-refractivity contribution in [2.75, 3.05) is 39.6 Å². The predicted octanol–water partition coefficient (Wildman–Crippen LogP) is 3.17. The summed E-state index contributed by atoms with van der Waals surface area (Å²) in [5.74, 6) is 0.561. The lowest BCUT2D eigenvalue weighted by atomic mass is 9.90. The smallest absolute Gasteiger partial charge is 0.333 e. The minimum Gasteiger partial charge on any atom is -0.491 e. The Morgan fingerprint density at radius 1 is 0.870 bits per heavy atom. The Morgan fingerprint density at radius 2 is 1.39 bits per heavy atom. The zero-order valence-electron chi connectivity index (χ0n) is 14.3. The molecule has 0 amide bonds. The van der Waals surface area contributed by atoms with Crippen molar-refractivity contribution in [1.29, 1.82) is 0 Å². The first-order valence-corrected chi connectivity index (χ1v) is 8.01. The first-order chi connectivity index (χ1) is 11.0. The Labute approximate surface area is 138 Å². The molecule has 1 aliphatic rings. The number of rotatable bonds is 12. The molecular formula is C18H28O5. The second kappa shape index (κ2) is 11.0. The van der Waals surface area contributed by atoms with E-state index in [-0.39, 0.29) is 6.61 Å². The van der Waals surface area contributed by atoms with Crippen LogP contribution in [0.5, 0.6) is 0 Å². The maximum Gasteiger partial charge on any atom is 0.333 e. The van der Waals surface area contributed by atoms with E-state index in [0.29, 0.717) is 38.6 Å². The van der Waals surface area contributed by atoms with Gasteiger partial charge < -0.3 is 18.9 Å². The molecule has 5 nitrogen and oxygen atoms in total. The molecule has 1 rings (SSSR count).